The fourth-order valence-electron chi connectivity index (χ4n) is 14.3. The topological polar surface area (TPSA) is 265 Å². The van der Waals surface area contributed by atoms with Gasteiger partial charge < -0.3 is 30.7 Å². The molecule has 3 atom stereocenters. The summed E-state index contributed by atoms with van der Waals surface area (Å²) in [6, 6.07) is 69.9. The molecule has 0 spiro atoms. The van der Waals surface area contributed by atoms with Gasteiger partial charge in [-0.05, 0) is 101 Å². The highest BCUT2D eigenvalue weighted by atomic mass is 32.2. The van der Waals surface area contributed by atoms with Crippen molar-refractivity contribution in [1.82, 2.24) is 31.9 Å². The Kier molecular flexibility index (Phi) is 23.8. The molecule has 7 aliphatic rings. The van der Waals surface area contributed by atoms with E-state index in [4.69, 9.17) is 36.9 Å². The molecule has 5 aliphatic heterocycles. The van der Waals surface area contributed by atoms with Crippen LogP contribution in [0.4, 0.5) is 0 Å². The second kappa shape index (κ2) is 35.3. The average molecular weight is 1470 g/mol. The summed E-state index contributed by atoms with van der Waals surface area (Å²) >= 11 is 3.76. The van der Waals surface area contributed by atoms with Crippen LogP contribution in [-0.4, -0.2) is 30.8 Å². The number of hydrogen-bond donors (Lipinski definition) is 6. The van der Waals surface area contributed by atoms with Crippen molar-refractivity contribution in [2.45, 2.75) is 30.8 Å². The Hall–Kier alpha value is -14.1. The van der Waals surface area contributed by atoms with Crippen LogP contribution >= 0.6 is 23.5 Å². The molecule has 17 nitrogen and oxygen atoms in total. The molecule has 6 N–H and O–H groups in total. The smallest absolute Gasteiger partial charge is 0.297 e. The first-order chi connectivity index (χ1) is 54.1. The van der Waals surface area contributed by atoms with E-state index >= 15 is 0 Å². The average Bonchev–Trinajstić information content (AvgIpc) is 1.08. The van der Waals surface area contributed by atoms with E-state index in [0.717, 1.165) is 108 Å². The van der Waals surface area contributed by atoms with Crippen molar-refractivity contribution in [3.05, 3.63) is 327 Å². The van der Waals surface area contributed by atoms with Crippen LogP contribution in [0.25, 0.3) is 81.4 Å². The Morgan fingerprint density at radius 3 is 1.42 bits per heavy atom. The molecule has 110 heavy (non-hydrogen) atoms. The van der Waals surface area contributed by atoms with Gasteiger partial charge in [0, 0.05) is 116 Å². The molecule has 532 valence electrons. The van der Waals surface area contributed by atoms with E-state index in [9.17, 15) is 15.8 Å². The van der Waals surface area contributed by atoms with Gasteiger partial charge in [0.2, 0.25) is 0 Å². The number of nitrogens with zero attached hydrogens (tertiary/aromatic N) is 9. The fraction of sp³-hybridized carbons (Fsp3) is 0.132. The molecule has 0 saturated carbocycles. The number of thioether (sulfide) groups is 2. The lowest BCUT2D eigenvalue weighted by Crippen LogP contribution is -2.38. The standard InChI is InChI=1S/C22H23N4.C20H12N4.C17H17N3.C16H8N2O2.C16H10N2S2/c1-25-13-7-18(8-14-25)21(19-9-15-26(2)16-10-19)17-3-5-20(6-4-17)22-23-11-12-24-22;21-11-13(12-22)18-14-5-1-3-7-16(14)19(20-23-9-10-24-20)17-8-4-2-6-15(17)18;1-2-12(11-18)13-7-8-16(17-19-9-10-20-17)15-6-4-3-5-14(13)15;2*17-9-11(10-18)12-5-6-15(16-19-7-8-20-16)14-4-2-1-3-13(12)14/h3,5,7-16H,4,6H2,1-2H3,(H,23,24);1-10,23-24H;1,3-8,12-13,16-17,19-20H,9-10H2;1-8H;1-6H,7-8H2/q+1;;;;/p+1. The molecule has 0 amide bonds. The number of hydrogen-bond acceptors (Lipinski definition) is 17. The zero-order chi connectivity index (χ0) is 76.3. The van der Waals surface area contributed by atoms with E-state index in [1.165, 1.54) is 61.0 Å². The molecule has 8 aromatic carbocycles. The Labute approximate surface area is 645 Å². The molecule has 0 bridgehead atoms. The largest absolute Gasteiger partial charge is 0.430 e. The first kappa shape index (κ1) is 74.2. The molecular formula is C91H71N15O2S2+2. The summed E-state index contributed by atoms with van der Waals surface area (Å²) in [5, 5.41) is 96.9. The van der Waals surface area contributed by atoms with E-state index in [1.54, 1.807) is 12.1 Å². The molecule has 19 heteroatoms. The van der Waals surface area contributed by atoms with Crippen LogP contribution in [0.3, 0.4) is 0 Å². The zero-order valence-electron chi connectivity index (χ0n) is 60.0. The first-order valence-corrected chi connectivity index (χ1v) is 37.4. The van der Waals surface area contributed by atoms with Crippen LogP contribution in [0.2, 0.25) is 0 Å². The second-order valence-electron chi connectivity index (χ2n) is 25.8. The minimum atomic E-state index is -0.405. The lowest BCUT2D eigenvalue weighted by molar-refractivity contribution is -0.671. The predicted molar refractivity (Wildman–Crippen MR) is 434 cm³/mol. The number of terminal acetylenes is 1. The van der Waals surface area contributed by atoms with Crippen molar-refractivity contribution in [3.63, 3.8) is 0 Å². The van der Waals surface area contributed by atoms with E-state index < -0.39 is 5.92 Å². The number of pyridine rings is 2. The molecule has 2 saturated heterocycles. The number of benzene rings is 8. The van der Waals surface area contributed by atoms with Crippen LogP contribution in [0.1, 0.15) is 46.9 Å². The molecule has 0 radical (unpaired) electrons. The van der Waals surface area contributed by atoms with Crippen LogP contribution in [0, 0.1) is 97.6 Å². The summed E-state index contributed by atoms with van der Waals surface area (Å²) in [5.74, 6) is 7.16. The Balaban J connectivity index is 0.000000121. The van der Waals surface area contributed by atoms with Crippen molar-refractivity contribution < 1.29 is 18.6 Å². The van der Waals surface area contributed by atoms with Gasteiger partial charge in [0.25, 0.3) is 5.95 Å². The van der Waals surface area contributed by atoms with Gasteiger partial charge in [-0.15, -0.1) is 29.9 Å². The highest BCUT2D eigenvalue weighted by Gasteiger charge is 2.33. The molecule has 2 fully saturated rings. The third-order valence-corrected chi connectivity index (χ3v) is 22.2. The van der Waals surface area contributed by atoms with Crippen LogP contribution < -0.4 is 72.3 Å². The third kappa shape index (κ3) is 16.0. The molecule has 7 heterocycles. The third-order valence-electron chi connectivity index (χ3n) is 19.4. The van der Waals surface area contributed by atoms with Crippen molar-refractivity contribution in [3.8, 4) is 54.8 Å². The highest BCUT2D eigenvalue weighted by Crippen LogP contribution is 2.40. The maximum absolute atomic E-state index is 9.43. The fourth-order valence-corrected chi connectivity index (χ4v) is 16.8. The van der Waals surface area contributed by atoms with Gasteiger partial charge in [-0.25, -0.2) is 9.13 Å². The van der Waals surface area contributed by atoms with Crippen molar-refractivity contribution >= 4 is 105 Å². The van der Waals surface area contributed by atoms with Gasteiger partial charge in [-0.2, -0.15) is 36.8 Å². The summed E-state index contributed by atoms with van der Waals surface area (Å²) in [5.41, 5.74) is 9.36. The summed E-state index contributed by atoms with van der Waals surface area (Å²) in [6.45, 7) is 1.98. The van der Waals surface area contributed by atoms with E-state index in [0.29, 0.717) is 22.3 Å². The number of rotatable bonds is 4. The number of ether oxygens (including phenoxy) is 2. The molecule has 2 aliphatic carbocycles. The number of aromatic nitrogens is 2. The Bertz CT molecular complexity index is 6010. The summed E-state index contributed by atoms with van der Waals surface area (Å²) in [6.07, 6.45) is 35.5. The molecule has 10 aromatic rings. The van der Waals surface area contributed by atoms with Gasteiger partial charge in [0.1, 0.15) is 97.3 Å². The number of allylic oxidation sites excluding steroid dienone is 5. The predicted octanol–water partition coefficient (Wildman–Crippen LogP) is 10.2. The van der Waals surface area contributed by atoms with Gasteiger partial charge in [-0.1, -0.05) is 170 Å². The van der Waals surface area contributed by atoms with Crippen LogP contribution in [-0.2, 0) is 23.6 Å². The number of nitrogens with one attached hydrogen (secondary N) is 6. The maximum atomic E-state index is 9.43. The summed E-state index contributed by atoms with van der Waals surface area (Å²) in [7, 11) is 4.10. The van der Waals surface area contributed by atoms with Crippen molar-refractivity contribution in [2.75, 3.05) is 24.6 Å². The Morgan fingerprint density at radius 1 is 0.482 bits per heavy atom. The van der Waals surface area contributed by atoms with Crippen LogP contribution in [0.15, 0.2) is 273 Å². The second-order valence-corrected chi connectivity index (χ2v) is 28.3. The summed E-state index contributed by atoms with van der Waals surface area (Å²) in [4.78, 5) is 0. The number of fused-ring (bicyclic) bond motifs is 5. The lowest BCUT2D eigenvalue weighted by atomic mass is 9.76. The summed E-state index contributed by atoms with van der Waals surface area (Å²) < 4.78 is 16.0. The maximum Gasteiger partial charge on any atom is 0.297 e. The first-order valence-electron chi connectivity index (χ1n) is 35.5. The zero-order valence-corrected chi connectivity index (χ0v) is 61.7. The quantitative estimate of drug-likeness (QED) is 0.0414. The minimum absolute atomic E-state index is 0.00106. The van der Waals surface area contributed by atoms with Gasteiger partial charge >= 0.3 is 0 Å². The van der Waals surface area contributed by atoms with Crippen molar-refractivity contribution in [1.29, 1.82) is 36.8 Å². The van der Waals surface area contributed by atoms with E-state index in [1.807, 2.05) is 214 Å². The molecule has 3 unspecified atom stereocenters. The lowest BCUT2D eigenvalue weighted by Gasteiger charge is -2.31. The van der Waals surface area contributed by atoms with Crippen LogP contribution in [0.5, 0.6) is 0 Å². The molecular weight excluding hydrogens is 1400 g/mol. The van der Waals surface area contributed by atoms with Gasteiger partial charge in [-0.3, -0.25) is 10.6 Å². The SMILES string of the molecule is C#CC(C#N)C1C=CC(C2NCCN2)c2ccccc21.C[n+]1ccc(C(=C2C=CC(=C3NC=CN3)CC2)c2cc[n+](C)cc2)cc1.N#CC(C#N)=c1c2ccccc2c(=C2NC=CN2)c2ccccc12.N#CC(C#N)=c1ccc(=C2OC=CO2)c2ccccc12.N#CC(C#N)=c1ccc(=C2SCCS2)c2ccccc12. The van der Waals surface area contributed by atoms with E-state index in [-0.39, 0.29) is 28.8 Å². The number of aryl methyl sites for hydroxylation is 2. The molecule has 17 rings (SSSR count). The molecule has 2 aromatic heterocycles. The minimum Gasteiger partial charge on any atom is -0.430 e. The normalized spacial score (nSPS) is 16.1. The van der Waals surface area contributed by atoms with Gasteiger partial charge in [0.05, 0.1) is 17.5 Å². The Morgan fingerprint density at radius 2 is 0.936 bits per heavy atom. The monoisotopic (exact) mass is 1470 g/mol. The van der Waals surface area contributed by atoms with E-state index in [2.05, 4.69) is 145 Å². The van der Waals surface area contributed by atoms with Gasteiger partial charge in [0.15, 0.2) is 24.8 Å². The number of nitriles is 7. The highest BCUT2D eigenvalue weighted by molar-refractivity contribution is 8.32. The van der Waals surface area contributed by atoms with Crippen molar-refractivity contribution in [2.24, 2.45) is 20.0 Å².